The molecule has 0 heterocycles. The van der Waals surface area contributed by atoms with Crippen LogP contribution in [0.25, 0.3) is 0 Å². The third-order valence-electron chi connectivity index (χ3n) is 5.42. The molecule has 0 aliphatic heterocycles. The Morgan fingerprint density at radius 3 is 2.21 bits per heavy atom. The van der Waals surface area contributed by atoms with Crippen molar-refractivity contribution in [2.75, 3.05) is 7.11 Å². The number of methoxy groups -OCH3 is 1. The van der Waals surface area contributed by atoms with E-state index in [2.05, 4.69) is 39.1 Å². The third-order valence-corrected chi connectivity index (χ3v) is 13.5. The molecule has 2 fully saturated rings. The molecule has 1 nitrogen and oxygen atoms in total. The average Bonchev–Trinajstić information content (AvgIpc) is 2.98. The van der Waals surface area contributed by atoms with Crippen molar-refractivity contribution in [1.29, 1.82) is 0 Å². The van der Waals surface area contributed by atoms with Gasteiger partial charge in [0.05, 0.1) is 0 Å². The van der Waals surface area contributed by atoms with Crippen molar-refractivity contribution in [2.24, 2.45) is 11.8 Å². The van der Waals surface area contributed by atoms with Crippen LogP contribution in [-0.4, -0.2) is 25.5 Å². The first kappa shape index (κ1) is 13.8. The van der Waals surface area contributed by atoms with Crippen molar-refractivity contribution in [3.8, 4) is 5.75 Å². The van der Waals surface area contributed by atoms with E-state index in [0.29, 0.717) is 0 Å². The van der Waals surface area contributed by atoms with Crippen molar-refractivity contribution in [3.63, 3.8) is 0 Å². The fraction of sp³-hybridized carbons (Fsp3) is 0.647. The van der Waals surface area contributed by atoms with E-state index in [0.717, 1.165) is 27.4 Å². The maximum absolute atomic E-state index is 5.30. The Labute approximate surface area is 121 Å². The molecule has 1 aromatic carbocycles. The van der Waals surface area contributed by atoms with Crippen LogP contribution in [0.2, 0.25) is 18.8 Å². The Bertz CT molecular complexity index is 445. The molecule has 104 valence electrons. The fourth-order valence-electron chi connectivity index (χ4n) is 4.84. The monoisotopic (exact) mass is 366 g/mol. The Morgan fingerprint density at radius 2 is 1.63 bits per heavy atom. The number of rotatable bonds is 3. The van der Waals surface area contributed by atoms with Gasteiger partial charge in [-0.25, -0.2) is 0 Å². The van der Waals surface area contributed by atoms with Crippen molar-refractivity contribution >= 4 is 18.4 Å². The van der Waals surface area contributed by atoms with Gasteiger partial charge in [-0.1, -0.05) is 0 Å². The summed E-state index contributed by atoms with van der Waals surface area (Å²) in [6, 6.07) is 8.96. The van der Waals surface area contributed by atoms with E-state index in [1.807, 2.05) is 0 Å². The van der Waals surface area contributed by atoms with Crippen LogP contribution in [0.15, 0.2) is 24.3 Å². The first-order valence-electron chi connectivity index (χ1n) is 7.64. The molecule has 2 saturated carbocycles. The van der Waals surface area contributed by atoms with E-state index in [1.54, 1.807) is 12.7 Å². The second-order valence-corrected chi connectivity index (χ2v) is 22.9. The molecule has 4 atom stereocenters. The van der Waals surface area contributed by atoms with Crippen LogP contribution in [0.5, 0.6) is 5.75 Å². The van der Waals surface area contributed by atoms with Gasteiger partial charge in [-0.15, -0.1) is 0 Å². The fourth-order valence-corrected chi connectivity index (χ4v) is 14.1. The van der Waals surface area contributed by atoms with Gasteiger partial charge in [0, 0.05) is 0 Å². The van der Waals surface area contributed by atoms with E-state index in [-0.39, 0.29) is 0 Å². The van der Waals surface area contributed by atoms with Gasteiger partial charge in [0.1, 0.15) is 0 Å². The predicted molar refractivity (Wildman–Crippen MR) is 83.7 cm³/mol. The molecule has 1 aromatic rings. The molecule has 0 radical (unpaired) electrons. The Kier molecular flexibility index (Phi) is 3.61. The van der Waals surface area contributed by atoms with E-state index < -0.39 is 18.4 Å². The first-order chi connectivity index (χ1) is 9.00. The number of hydrogen-bond acceptors (Lipinski definition) is 1. The van der Waals surface area contributed by atoms with Gasteiger partial charge in [-0.2, -0.15) is 0 Å². The number of fused-ring (bicyclic) bond motifs is 2. The van der Waals surface area contributed by atoms with Crippen LogP contribution in [0.3, 0.4) is 0 Å². The molecular formula is C17H26OSn. The van der Waals surface area contributed by atoms with Gasteiger partial charge in [-0.3, -0.25) is 0 Å². The van der Waals surface area contributed by atoms with Crippen molar-refractivity contribution < 1.29 is 4.74 Å². The number of benzene rings is 1. The summed E-state index contributed by atoms with van der Waals surface area (Å²) in [5.41, 5.74) is 1.59. The molecular weight excluding hydrogens is 339 g/mol. The molecule has 0 amide bonds. The molecule has 2 aliphatic rings. The van der Waals surface area contributed by atoms with Gasteiger partial charge in [0.15, 0.2) is 0 Å². The van der Waals surface area contributed by atoms with Gasteiger partial charge < -0.3 is 0 Å². The van der Waals surface area contributed by atoms with E-state index in [1.165, 1.54) is 19.3 Å². The number of ether oxygens (including phenoxy) is 1. The molecule has 0 spiro atoms. The molecule has 3 rings (SSSR count). The quantitative estimate of drug-likeness (QED) is 0.692. The average molecular weight is 365 g/mol. The van der Waals surface area contributed by atoms with Crippen LogP contribution in [-0.2, 0) is 0 Å². The van der Waals surface area contributed by atoms with Gasteiger partial charge in [0.2, 0.25) is 0 Å². The van der Waals surface area contributed by atoms with Crippen LogP contribution in [0.1, 0.15) is 30.7 Å². The molecule has 0 aromatic heterocycles. The summed E-state index contributed by atoms with van der Waals surface area (Å²) in [5, 5.41) is 0. The van der Waals surface area contributed by atoms with Crippen molar-refractivity contribution in [3.05, 3.63) is 29.8 Å². The summed E-state index contributed by atoms with van der Waals surface area (Å²) < 4.78 is 6.36. The normalized spacial score (nSPS) is 33.7. The maximum atomic E-state index is 5.30. The summed E-state index contributed by atoms with van der Waals surface area (Å²) in [7, 11) is 1.75. The zero-order valence-electron chi connectivity index (χ0n) is 12.6. The summed E-state index contributed by atoms with van der Waals surface area (Å²) in [4.78, 5) is 7.91. The summed E-state index contributed by atoms with van der Waals surface area (Å²) >= 11 is -1.84. The van der Waals surface area contributed by atoms with E-state index in [4.69, 9.17) is 4.74 Å². The Balaban J connectivity index is 1.92. The molecule has 2 aliphatic carbocycles. The third kappa shape index (κ3) is 2.43. The van der Waals surface area contributed by atoms with Crippen molar-refractivity contribution in [1.82, 2.24) is 0 Å². The summed E-state index contributed by atoms with van der Waals surface area (Å²) in [6.45, 7) is 0. The van der Waals surface area contributed by atoms with E-state index >= 15 is 0 Å². The van der Waals surface area contributed by atoms with Crippen LogP contribution < -0.4 is 4.74 Å². The molecule has 2 bridgehead atoms. The minimum atomic E-state index is -1.84. The summed E-state index contributed by atoms with van der Waals surface area (Å²) in [6.07, 6.45) is 4.49. The topological polar surface area (TPSA) is 9.23 Å². The van der Waals surface area contributed by atoms with Crippen LogP contribution in [0, 0.1) is 11.8 Å². The minimum absolute atomic E-state index is 0.862. The second-order valence-electron chi connectivity index (χ2n) is 7.52. The first-order valence-corrected chi connectivity index (χ1v) is 17.9. The molecule has 0 saturated heterocycles. The molecule has 0 unspecified atom stereocenters. The van der Waals surface area contributed by atoms with Gasteiger partial charge >= 0.3 is 122 Å². The van der Waals surface area contributed by atoms with Gasteiger partial charge in [0.25, 0.3) is 0 Å². The standard InChI is InChI=1S/C14H17O.3CH3.Sn/c1-15-13-6-4-11(5-7-13)14-9-10-2-3-12(14)8-10;;;;/h4-7,9-10,12,14H,2-3,8H2,1H3;3*1H3;/t10-,12+,14-;;;;/m0..../s1. The van der Waals surface area contributed by atoms with Crippen LogP contribution >= 0.6 is 0 Å². The molecule has 0 N–H and O–H groups in total. The second kappa shape index (κ2) is 4.98. The Morgan fingerprint density at radius 1 is 1.00 bits per heavy atom. The SMILES string of the molecule is COc1ccc([C@H]2[C@@H]3CC[C@@H](C3)[C@H]2[Sn]([CH3])([CH3])[CH3])cc1. The zero-order chi connectivity index (χ0) is 13.6. The zero-order valence-corrected chi connectivity index (χ0v) is 15.5. The van der Waals surface area contributed by atoms with Gasteiger partial charge in [-0.05, 0) is 0 Å². The molecule has 2 heteroatoms. The molecule has 19 heavy (non-hydrogen) atoms. The van der Waals surface area contributed by atoms with Crippen LogP contribution in [0.4, 0.5) is 0 Å². The Hall–Kier alpha value is -0.181. The predicted octanol–water partition coefficient (Wildman–Crippen LogP) is 4.92. The number of hydrogen-bond donors (Lipinski definition) is 0. The summed E-state index contributed by atoms with van der Waals surface area (Å²) in [5.74, 6) is 3.87. The van der Waals surface area contributed by atoms with E-state index in [9.17, 15) is 0 Å². The van der Waals surface area contributed by atoms with Crippen molar-refractivity contribution in [2.45, 2.75) is 43.9 Å².